The van der Waals surface area contributed by atoms with Gasteiger partial charge >= 0.3 is 0 Å². The van der Waals surface area contributed by atoms with E-state index in [1.165, 1.54) is 0 Å². The average Bonchev–Trinajstić information content (AvgIpc) is 3.36. The van der Waals surface area contributed by atoms with Gasteiger partial charge in [0.1, 0.15) is 5.76 Å². The molecule has 0 N–H and O–H groups in total. The third-order valence-electron chi connectivity index (χ3n) is 5.85. The lowest BCUT2D eigenvalue weighted by molar-refractivity contribution is -0.138. The van der Waals surface area contributed by atoms with Crippen LogP contribution in [0.5, 0.6) is 0 Å². The molecule has 1 spiro atoms. The predicted molar refractivity (Wildman–Crippen MR) is 99.1 cm³/mol. The Bertz CT molecular complexity index is 813. The molecule has 2 aromatic rings. The minimum Gasteiger partial charge on any atom is -0.454 e. The molecule has 2 saturated heterocycles. The van der Waals surface area contributed by atoms with Crippen molar-refractivity contribution in [1.29, 1.82) is 0 Å². The molecule has 144 valence electrons. The SMILES string of the molecule is CCN1C[C@]2(CCCN(C(=O)c3ccc(Cn4ccnc4)o3)C2)CCC1=O. The number of nitrogens with zero attached hydrogens (tertiary/aromatic N) is 4. The summed E-state index contributed by atoms with van der Waals surface area (Å²) in [5.74, 6) is 1.32. The Morgan fingerprint density at radius 3 is 2.96 bits per heavy atom. The van der Waals surface area contributed by atoms with Crippen LogP contribution >= 0.6 is 0 Å². The minimum absolute atomic E-state index is 0.0318. The van der Waals surface area contributed by atoms with Crippen molar-refractivity contribution in [3.63, 3.8) is 0 Å². The summed E-state index contributed by atoms with van der Waals surface area (Å²) in [4.78, 5) is 32.9. The number of furan rings is 1. The lowest BCUT2D eigenvalue weighted by Crippen LogP contribution is -2.55. The Balaban J connectivity index is 1.44. The summed E-state index contributed by atoms with van der Waals surface area (Å²) >= 11 is 0. The zero-order valence-electron chi connectivity index (χ0n) is 15.8. The first-order valence-corrected chi connectivity index (χ1v) is 9.70. The lowest BCUT2D eigenvalue weighted by atomic mass is 9.73. The molecule has 0 unspecified atom stereocenters. The van der Waals surface area contributed by atoms with Crippen molar-refractivity contribution in [2.75, 3.05) is 26.2 Å². The van der Waals surface area contributed by atoms with Crippen LogP contribution in [0, 0.1) is 5.41 Å². The van der Waals surface area contributed by atoms with Gasteiger partial charge in [0.05, 0.1) is 12.9 Å². The molecule has 2 amide bonds. The number of amides is 2. The summed E-state index contributed by atoms with van der Waals surface area (Å²) in [6.07, 6.45) is 8.81. The van der Waals surface area contributed by atoms with E-state index in [-0.39, 0.29) is 17.2 Å². The smallest absolute Gasteiger partial charge is 0.289 e. The number of hydrogen-bond donors (Lipinski definition) is 0. The molecule has 4 heterocycles. The summed E-state index contributed by atoms with van der Waals surface area (Å²) in [7, 11) is 0. The summed E-state index contributed by atoms with van der Waals surface area (Å²) in [5.41, 5.74) is 0.0318. The van der Waals surface area contributed by atoms with Gasteiger partial charge in [-0.25, -0.2) is 4.98 Å². The highest BCUT2D eigenvalue weighted by atomic mass is 16.4. The van der Waals surface area contributed by atoms with Crippen molar-refractivity contribution in [2.45, 2.75) is 39.2 Å². The lowest BCUT2D eigenvalue weighted by Gasteiger charge is -2.48. The van der Waals surface area contributed by atoms with Crippen LogP contribution in [0.25, 0.3) is 0 Å². The van der Waals surface area contributed by atoms with Crippen LogP contribution in [-0.4, -0.2) is 57.3 Å². The molecule has 0 aromatic carbocycles. The number of carbonyl (C=O) groups excluding carboxylic acids is 2. The first-order valence-electron chi connectivity index (χ1n) is 9.70. The van der Waals surface area contributed by atoms with E-state index in [1.54, 1.807) is 18.6 Å². The van der Waals surface area contributed by atoms with Crippen molar-refractivity contribution in [2.24, 2.45) is 5.41 Å². The standard InChI is InChI=1S/C20H26N4O3/c1-2-23-13-20(8-6-18(23)25)7-3-10-24(14-20)19(26)17-5-4-16(27-17)12-22-11-9-21-15-22/h4-5,9,11,15H,2-3,6-8,10,12-14H2,1H3/t20-/m0/s1. The van der Waals surface area contributed by atoms with Crippen LogP contribution in [0.1, 0.15) is 48.9 Å². The molecule has 27 heavy (non-hydrogen) atoms. The van der Waals surface area contributed by atoms with Crippen LogP contribution in [0.2, 0.25) is 0 Å². The van der Waals surface area contributed by atoms with Gasteiger partial charge in [-0.05, 0) is 38.3 Å². The number of carbonyl (C=O) groups is 2. The van der Waals surface area contributed by atoms with E-state index in [0.717, 1.165) is 44.7 Å². The molecule has 0 saturated carbocycles. The van der Waals surface area contributed by atoms with Gasteiger partial charge in [0.2, 0.25) is 5.91 Å². The molecule has 2 aliphatic heterocycles. The number of imidazole rings is 1. The number of hydrogen-bond acceptors (Lipinski definition) is 4. The van der Waals surface area contributed by atoms with Crippen molar-refractivity contribution in [3.8, 4) is 0 Å². The van der Waals surface area contributed by atoms with Gasteiger partial charge < -0.3 is 18.8 Å². The molecule has 1 atom stereocenters. The second-order valence-electron chi connectivity index (χ2n) is 7.74. The van der Waals surface area contributed by atoms with E-state index < -0.39 is 0 Å². The number of aromatic nitrogens is 2. The Labute approximate surface area is 158 Å². The maximum Gasteiger partial charge on any atom is 0.289 e. The molecular weight excluding hydrogens is 344 g/mol. The van der Waals surface area contributed by atoms with Crippen molar-refractivity contribution < 1.29 is 14.0 Å². The van der Waals surface area contributed by atoms with E-state index in [9.17, 15) is 9.59 Å². The third kappa shape index (κ3) is 3.63. The predicted octanol–water partition coefficient (Wildman–Crippen LogP) is 2.39. The topological polar surface area (TPSA) is 71.6 Å². The first kappa shape index (κ1) is 17.8. The summed E-state index contributed by atoms with van der Waals surface area (Å²) in [6.45, 7) is 5.53. The third-order valence-corrected chi connectivity index (χ3v) is 5.85. The Morgan fingerprint density at radius 1 is 1.30 bits per heavy atom. The van der Waals surface area contributed by atoms with Gasteiger partial charge in [-0.15, -0.1) is 0 Å². The van der Waals surface area contributed by atoms with Crippen LogP contribution in [0.4, 0.5) is 0 Å². The molecule has 0 radical (unpaired) electrons. The zero-order valence-corrected chi connectivity index (χ0v) is 15.8. The Morgan fingerprint density at radius 2 is 2.19 bits per heavy atom. The number of piperidine rings is 2. The zero-order chi connectivity index (χ0) is 18.9. The normalized spacial score (nSPS) is 23.2. The molecule has 0 bridgehead atoms. The van der Waals surface area contributed by atoms with Gasteiger partial charge in [0, 0.05) is 50.4 Å². The van der Waals surface area contributed by atoms with Crippen LogP contribution < -0.4 is 0 Å². The van der Waals surface area contributed by atoms with E-state index in [0.29, 0.717) is 25.3 Å². The number of likely N-dealkylation sites (tertiary alicyclic amines) is 2. The van der Waals surface area contributed by atoms with Crippen LogP contribution in [0.15, 0.2) is 35.3 Å². The highest BCUT2D eigenvalue weighted by Gasteiger charge is 2.42. The second-order valence-corrected chi connectivity index (χ2v) is 7.74. The van der Waals surface area contributed by atoms with E-state index in [1.807, 2.05) is 33.6 Å². The van der Waals surface area contributed by atoms with Gasteiger partial charge in [-0.3, -0.25) is 9.59 Å². The molecule has 2 aliphatic rings. The highest BCUT2D eigenvalue weighted by Crippen LogP contribution is 2.39. The van der Waals surface area contributed by atoms with Gasteiger partial charge in [0.15, 0.2) is 5.76 Å². The van der Waals surface area contributed by atoms with Crippen molar-refractivity contribution in [1.82, 2.24) is 19.4 Å². The Hall–Kier alpha value is -2.57. The van der Waals surface area contributed by atoms with Crippen LogP contribution in [-0.2, 0) is 11.3 Å². The summed E-state index contributed by atoms with van der Waals surface area (Å²) in [6, 6.07) is 3.61. The average molecular weight is 370 g/mol. The monoisotopic (exact) mass is 370 g/mol. The fourth-order valence-electron chi connectivity index (χ4n) is 4.40. The summed E-state index contributed by atoms with van der Waals surface area (Å²) in [5, 5.41) is 0. The fourth-order valence-corrected chi connectivity index (χ4v) is 4.40. The molecule has 0 aliphatic carbocycles. The van der Waals surface area contributed by atoms with E-state index >= 15 is 0 Å². The molecule has 7 nitrogen and oxygen atoms in total. The maximum atomic E-state index is 13.0. The second kappa shape index (κ2) is 7.21. The molecule has 2 aromatic heterocycles. The van der Waals surface area contributed by atoms with E-state index in [4.69, 9.17) is 4.42 Å². The van der Waals surface area contributed by atoms with Crippen LogP contribution in [0.3, 0.4) is 0 Å². The number of rotatable bonds is 4. The molecule has 2 fully saturated rings. The molecular formula is C20H26N4O3. The first-order chi connectivity index (χ1) is 13.1. The van der Waals surface area contributed by atoms with Gasteiger partial charge in [-0.1, -0.05) is 0 Å². The van der Waals surface area contributed by atoms with Gasteiger partial charge in [0.25, 0.3) is 5.91 Å². The molecule has 7 heteroatoms. The largest absolute Gasteiger partial charge is 0.454 e. The summed E-state index contributed by atoms with van der Waals surface area (Å²) < 4.78 is 7.71. The maximum absolute atomic E-state index is 13.0. The van der Waals surface area contributed by atoms with Crippen molar-refractivity contribution >= 4 is 11.8 Å². The highest BCUT2D eigenvalue weighted by molar-refractivity contribution is 5.91. The Kier molecular flexibility index (Phi) is 4.76. The van der Waals surface area contributed by atoms with Crippen molar-refractivity contribution in [3.05, 3.63) is 42.4 Å². The fraction of sp³-hybridized carbons (Fsp3) is 0.550. The molecule has 4 rings (SSSR count). The minimum atomic E-state index is -0.0501. The van der Waals surface area contributed by atoms with Gasteiger partial charge in [-0.2, -0.15) is 0 Å². The van der Waals surface area contributed by atoms with E-state index in [2.05, 4.69) is 4.98 Å². The quantitative estimate of drug-likeness (QED) is 0.828.